The highest BCUT2D eigenvalue weighted by Crippen LogP contribution is 2.42. The van der Waals surface area contributed by atoms with Crippen LogP contribution in [0.5, 0.6) is 0 Å². The van der Waals surface area contributed by atoms with Crippen molar-refractivity contribution in [3.05, 3.63) is 75.1 Å². The monoisotopic (exact) mass is 502 g/mol. The molecule has 0 atom stereocenters. The summed E-state index contributed by atoms with van der Waals surface area (Å²) in [6.07, 6.45) is 5.78. The van der Waals surface area contributed by atoms with Crippen LogP contribution >= 0.6 is 15.9 Å². The highest BCUT2D eigenvalue weighted by atomic mass is 79.9. The van der Waals surface area contributed by atoms with E-state index >= 15 is 0 Å². The lowest BCUT2D eigenvalue weighted by Crippen LogP contribution is -2.30. The summed E-state index contributed by atoms with van der Waals surface area (Å²) in [6, 6.07) is 15.5. The third-order valence-electron chi connectivity index (χ3n) is 6.00. The maximum atomic E-state index is 12.7. The fraction of sp³-hybridized carbons (Fsp3) is 0.214. The SMILES string of the molecule is C#Cc1cc2c(-c3ccccc3C(=O)OC)c3cc(Br)c(=[N+](CC)CC)cc-3oc2cc1C. The highest BCUT2D eigenvalue weighted by molar-refractivity contribution is 9.10. The quantitative estimate of drug-likeness (QED) is 0.152. The van der Waals surface area contributed by atoms with Crippen molar-refractivity contribution in [2.45, 2.75) is 20.8 Å². The highest BCUT2D eigenvalue weighted by Gasteiger charge is 2.24. The fourth-order valence-electron chi connectivity index (χ4n) is 4.29. The van der Waals surface area contributed by atoms with Crippen molar-refractivity contribution < 1.29 is 13.9 Å². The van der Waals surface area contributed by atoms with Crippen LogP contribution in [0.2, 0.25) is 0 Å². The van der Waals surface area contributed by atoms with Gasteiger partial charge in [-0.15, -0.1) is 6.42 Å². The van der Waals surface area contributed by atoms with Crippen molar-refractivity contribution >= 4 is 32.9 Å². The van der Waals surface area contributed by atoms with Gasteiger partial charge in [0.25, 0.3) is 0 Å². The van der Waals surface area contributed by atoms with Crippen molar-refractivity contribution in [2.24, 2.45) is 0 Å². The van der Waals surface area contributed by atoms with E-state index in [1.54, 1.807) is 6.07 Å². The summed E-state index contributed by atoms with van der Waals surface area (Å²) in [7, 11) is 1.39. The van der Waals surface area contributed by atoms with E-state index in [-0.39, 0.29) is 0 Å². The number of nitrogens with zero attached hydrogens (tertiary/aromatic N) is 1. The number of carbonyl (C=O) groups is 1. The van der Waals surface area contributed by atoms with Crippen LogP contribution in [0.4, 0.5) is 0 Å². The van der Waals surface area contributed by atoms with Crippen LogP contribution in [0.15, 0.2) is 57.4 Å². The van der Waals surface area contributed by atoms with Crippen LogP contribution in [0, 0.1) is 19.3 Å². The van der Waals surface area contributed by atoms with Gasteiger partial charge in [0.2, 0.25) is 5.36 Å². The maximum absolute atomic E-state index is 12.7. The second-order valence-corrected chi connectivity index (χ2v) is 8.65. The number of ether oxygens (including phenoxy) is 1. The molecule has 2 aromatic carbocycles. The van der Waals surface area contributed by atoms with E-state index in [1.165, 1.54) is 7.11 Å². The summed E-state index contributed by atoms with van der Waals surface area (Å²) in [6.45, 7) is 7.97. The number of halogens is 1. The predicted octanol–water partition coefficient (Wildman–Crippen LogP) is 5.86. The number of terminal acetylenes is 1. The average Bonchev–Trinajstić information content (AvgIpc) is 2.83. The van der Waals surface area contributed by atoms with Crippen LogP contribution < -0.4 is 9.93 Å². The third-order valence-corrected chi connectivity index (χ3v) is 6.63. The van der Waals surface area contributed by atoms with Crippen molar-refractivity contribution in [1.29, 1.82) is 0 Å². The minimum Gasteiger partial charge on any atom is -0.465 e. The lowest BCUT2D eigenvalue weighted by atomic mass is 9.89. The van der Waals surface area contributed by atoms with Crippen molar-refractivity contribution in [1.82, 2.24) is 4.58 Å². The Morgan fingerprint density at radius 3 is 2.52 bits per heavy atom. The molecule has 0 unspecified atom stereocenters. The Balaban J connectivity index is 2.25. The van der Waals surface area contributed by atoms with Gasteiger partial charge in [-0.25, -0.2) is 9.37 Å². The lowest BCUT2D eigenvalue weighted by molar-refractivity contribution is 0.0601. The minimum atomic E-state index is -0.393. The van der Waals surface area contributed by atoms with E-state index in [4.69, 9.17) is 15.6 Å². The maximum Gasteiger partial charge on any atom is 0.338 e. The van der Waals surface area contributed by atoms with Gasteiger partial charge in [0.15, 0.2) is 0 Å². The number of carbonyl (C=O) groups excluding carboxylic acids is 1. The molecule has 0 aromatic heterocycles. The standard InChI is InChI=1S/C28H25BrNO3/c1-6-18-14-21-25(13-17(18)4)33-26-16-24(30(7-2)8-3)23(29)15-22(26)27(21)19-11-9-10-12-20(19)28(31)32-5/h1,9-16H,7-8H2,2-5H3/q+1. The Kier molecular flexibility index (Phi) is 6.40. The molecule has 4 rings (SSSR count). The van der Waals surface area contributed by atoms with Crippen molar-refractivity contribution in [3.63, 3.8) is 0 Å². The molecule has 4 nitrogen and oxygen atoms in total. The van der Waals surface area contributed by atoms with Crippen LogP contribution in [-0.2, 0) is 4.74 Å². The number of methoxy groups -OCH3 is 1. The number of aryl methyl sites for hydroxylation is 1. The van der Waals surface area contributed by atoms with E-state index in [0.29, 0.717) is 11.1 Å². The summed E-state index contributed by atoms with van der Waals surface area (Å²) in [5, 5.41) is 1.90. The Hall–Kier alpha value is -3.36. The molecule has 2 aromatic rings. The van der Waals surface area contributed by atoms with Gasteiger partial charge in [0.1, 0.15) is 24.4 Å². The molecule has 33 heavy (non-hydrogen) atoms. The predicted molar refractivity (Wildman–Crippen MR) is 136 cm³/mol. The number of rotatable bonds is 4. The van der Waals surface area contributed by atoms with E-state index in [0.717, 1.165) is 61.9 Å². The van der Waals surface area contributed by atoms with E-state index in [1.807, 2.05) is 37.3 Å². The Morgan fingerprint density at radius 1 is 1.12 bits per heavy atom. The fourth-order valence-corrected chi connectivity index (χ4v) is 4.88. The molecule has 1 heterocycles. The Bertz CT molecular complexity index is 1470. The topological polar surface area (TPSA) is 42.5 Å². The van der Waals surface area contributed by atoms with Crippen LogP contribution in [0.1, 0.15) is 35.3 Å². The number of hydrogen-bond acceptors (Lipinski definition) is 3. The molecule has 1 aliphatic heterocycles. The van der Waals surface area contributed by atoms with Crippen molar-refractivity contribution in [3.8, 4) is 34.8 Å². The first-order valence-electron chi connectivity index (χ1n) is 10.9. The van der Waals surface area contributed by atoms with Gasteiger partial charge in [-0.05, 0) is 72.1 Å². The van der Waals surface area contributed by atoms with Crippen LogP contribution in [0.3, 0.4) is 0 Å². The number of esters is 1. The lowest BCUT2D eigenvalue weighted by Gasteiger charge is -2.18. The summed E-state index contributed by atoms with van der Waals surface area (Å²) in [5.41, 5.74) is 5.48. The molecule has 1 aliphatic carbocycles. The van der Waals surface area contributed by atoms with Gasteiger partial charge in [-0.2, -0.15) is 0 Å². The molecule has 0 radical (unpaired) electrons. The number of fused-ring (bicyclic) bond motifs is 2. The summed E-state index contributed by atoms with van der Waals surface area (Å²) >= 11 is 3.76. The van der Waals surface area contributed by atoms with Crippen LogP contribution in [0.25, 0.3) is 33.4 Å². The molecule has 0 spiro atoms. The minimum absolute atomic E-state index is 0.393. The average molecular weight is 503 g/mol. The summed E-state index contributed by atoms with van der Waals surface area (Å²) < 4.78 is 14.7. The zero-order chi connectivity index (χ0) is 23.7. The number of benzene rings is 3. The molecule has 0 fully saturated rings. The number of hydrogen-bond donors (Lipinski definition) is 0. The molecule has 0 N–H and O–H groups in total. The van der Waals surface area contributed by atoms with Gasteiger partial charge in [-0.3, -0.25) is 0 Å². The van der Waals surface area contributed by atoms with Gasteiger partial charge < -0.3 is 9.15 Å². The van der Waals surface area contributed by atoms with E-state index in [9.17, 15) is 4.79 Å². The molecule has 0 bridgehead atoms. The molecule has 0 saturated carbocycles. The third kappa shape index (κ3) is 3.96. The first kappa shape index (κ1) is 22.8. The zero-order valence-electron chi connectivity index (χ0n) is 19.2. The molecular weight excluding hydrogens is 478 g/mol. The van der Waals surface area contributed by atoms with Gasteiger partial charge in [0, 0.05) is 22.1 Å². The van der Waals surface area contributed by atoms with Gasteiger partial charge in [0.05, 0.1) is 23.2 Å². The first-order chi connectivity index (χ1) is 15.9. The summed E-state index contributed by atoms with van der Waals surface area (Å²) in [4.78, 5) is 12.7. The Labute approximate surface area is 202 Å². The molecular formula is C28H25BrNO3+. The molecule has 0 saturated heterocycles. The second-order valence-electron chi connectivity index (χ2n) is 7.79. The Morgan fingerprint density at radius 2 is 1.85 bits per heavy atom. The second kappa shape index (κ2) is 9.25. The first-order valence-corrected chi connectivity index (χ1v) is 11.7. The molecule has 0 amide bonds. The normalized spacial score (nSPS) is 10.9. The molecule has 2 aliphatic rings. The molecule has 5 heteroatoms. The van der Waals surface area contributed by atoms with Crippen molar-refractivity contribution in [2.75, 3.05) is 20.2 Å². The van der Waals surface area contributed by atoms with Gasteiger partial charge >= 0.3 is 5.97 Å². The molecule has 166 valence electrons. The zero-order valence-corrected chi connectivity index (χ0v) is 20.7. The largest absolute Gasteiger partial charge is 0.465 e. The van der Waals surface area contributed by atoms with Crippen LogP contribution in [-0.4, -0.2) is 26.2 Å². The summed E-state index contributed by atoms with van der Waals surface area (Å²) in [5.74, 6) is 3.10. The smallest absolute Gasteiger partial charge is 0.338 e. The van der Waals surface area contributed by atoms with E-state index < -0.39 is 5.97 Å². The van der Waals surface area contributed by atoms with Gasteiger partial charge in [-0.1, -0.05) is 24.1 Å². The van der Waals surface area contributed by atoms with E-state index in [2.05, 4.69) is 52.4 Å².